The van der Waals surface area contributed by atoms with Gasteiger partial charge in [0.25, 0.3) is 0 Å². The molecule has 1 aromatic heterocycles. The van der Waals surface area contributed by atoms with E-state index in [0.717, 1.165) is 43.9 Å². The lowest BCUT2D eigenvalue weighted by atomic mass is 10.1. The van der Waals surface area contributed by atoms with Crippen LogP contribution < -0.4 is 0 Å². The molecule has 1 saturated heterocycles. The summed E-state index contributed by atoms with van der Waals surface area (Å²) in [6.45, 7) is 2.84. The number of aromatic nitrogens is 2. The zero-order chi connectivity index (χ0) is 13.9. The topological polar surface area (TPSA) is 27.1 Å². The Balaban J connectivity index is 1.87. The Kier molecular flexibility index (Phi) is 4.83. The number of halogens is 2. The molecule has 0 aliphatic carbocycles. The summed E-state index contributed by atoms with van der Waals surface area (Å²) in [5, 5.41) is 0. The number of ether oxygens (including phenoxy) is 1. The van der Waals surface area contributed by atoms with Crippen LogP contribution in [0.3, 0.4) is 0 Å². The van der Waals surface area contributed by atoms with E-state index < -0.39 is 0 Å². The highest BCUT2D eigenvalue weighted by Gasteiger charge is 2.17. The van der Waals surface area contributed by atoms with E-state index in [4.69, 9.17) is 21.3 Å². The van der Waals surface area contributed by atoms with Gasteiger partial charge in [0.1, 0.15) is 5.82 Å². The molecule has 108 valence electrons. The van der Waals surface area contributed by atoms with Crippen molar-refractivity contribution in [3.05, 3.63) is 27.6 Å². The van der Waals surface area contributed by atoms with Crippen molar-refractivity contribution < 1.29 is 4.74 Å². The lowest BCUT2D eigenvalue weighted by Crippen LogP contribution is -2.09. The Morgan fingerprint density at radius 3 is 3.10 bits per heavy atom. The number of rotatable bonds is 5. The van der Waals surface area contributed by atoms with Gasteiger partial charge in [0.15, 0.2) is 0 Å². The van der Waals surface area contributed by atoms with Gasteiger partial charge in [-0.2, -0.15) is 0 Å². The fourth-order valence-corrected chi connectivity index (χ4v) is 3.44. The quantitative estimate of drug-likeness (QED) is 0.559. The van der Waals surface area contributed by atoms with Gasteiger partial charge in [0.2, 0.25) is 0 Å². The van der Waals surface area contributed by atoms with E-state index in [-0.39, 0.29) is 0 Å². The molecule has 20 heavy (non-hydrogen) atoms. The predicted molar refractivity (Wildman–Crippen MR) is 90.4 cm³/mol. The van der Waals surface area contributed by atoms with Gasteiger partial charge < -0.3 is 9.30 Å². The normalized spacial score (nSPS) is 19.0. The number of imidazole rings is 1. The SMILES string of the molecule is ClCCc1nc2cc(I)ccc2n1CCC1CCOC1. The van der Waals surface area contributed by atoms with Crippen molar-refractivity contribution in [2.45, 2.75) is 25.8 Å². The van der Waals surface area contributed by atoms with Gasteiger partial charge in [-0.3, -0.25) is 0 Å². The molecule has 0 spiro atoms. The standard InChI is InChI=1S/C15H18ClIN2O/c16-6-3-15-18-13-9-12(17)1-2-14(13)19(15)7-4-11-5-8-20-10-11/h1-2,9,11H,3-8,10H2. The van der Waals surface area contributed by atoms with Crippen LogP contribution in [0.4, 0.5) is 0 Å². The molecule has 0 N–H and O–H groups in total. The first-order chi connectivity index (χ1) is 9.78. The molecule has 1 aliphatic heterocycles. The van der Waals surface area contributed by atoms with E-state index >= 15 is 0 Å². The van der Waals surface area contributed by atoms with Crippen LogP contribution in [-0.2, 0) is 17.7 Å². The summed E-state index contributed by atoms with van der Waals surface area (Å²) in [5.74, 6) is 2.42. The molecule has 2 aromatic rings. The summed E-state index contributed by atoms with van der Waals surface area (Å²) in [6, 6.07) is 6.46. The predicted octanol–water partition coefficient (Wildman–Crippen LogP) is 3.85. The van der Waals surface area contributed by atoms with Gasteiger partial charge in [-0.1, -0.05) is 0 Å². The van der Waals surface area contributed by atoms with Crippen molar-refractivity contribution in [3.63, 3.8) is 0 Å². The maximum Gasteiger partial charge on any atom is 0.111 e. The lowest BCUT2D eigenvalue weighted by Gasteiger charge is -2.11. The summed E-state index contributed by atoms with van der Waals surface area (Å²) in [7, 11) is 0. The highest BCUT2D eigenvalue weighted by atomic mass is 127. The lowest BCUT2D eigenvalue weighted by molar-refractivity contribution is 0.183. The molecular weight excluding hydrogens is 387 g/mol. The summed E-state index contributed by atoms with van der Waals surface area (Å²) in [5.41, 5.74) is 2.31. The monoisotopic (exact) mass is 404 g/mol. The van der Waals surface area contributed by atoms with Crippen LogP contribution in [0, 0.1) is 9.49 Å². The number of hydrogen-bond acceptors (Lipinski definition) is 2. The molecule has 0 bridgehead atoms. The van der Waals surface area contributed by atoms with Crippen LogP contribution >= 0.6 is 34.2 Å². The highest BCUT2D eigenvalue weighted by Crippen LogP contribution is 2.23. The summed E-state index contributed by atoms with van der Waals surface area (Å²) >= 11 is 8.25. The van der Waals surface area contributed by atoms with E-state index in [1.807, 2.05) is 0 Å². The van der Waals surface area contributed by atoms with E-state index in [0.29, 0.717) is 11.8 Å². The number of benzene rings is 1. The van der Waals surface area contributed by atoms with Crippen molar-refractivity contribution in [2.75, 3.05) is 19.1 Å². The molecule has 1 atom stereocenters. The van der Waals surface area contributed by atoms with Crippen molar-refractivity contribution in [1.29, 1.82) is 0 Å². The van der Waals surface area contributed by atoms with Crippen molar-refractivity contribution >= 4 is 45.2 Å². The first kappa shape index (κ1) is 14.6. The van der Waals surface area contributed by atoms with E-state index in [1.165, 1.54) is 15.5 Å². The second-order valence-corrected chi connectivity index (χ2v) is 6.89. The zero-order valence-corrected chi connectivity index (χ0v) is 14.2. The Hall–Kier alpha value is -0.330. The average molecular weight is 405 g/mol. The smallest absolute Gasteiger partial charge is 0.111 e. The Bertz CT molecular complexity index is 593. The van der Waals surface area contributed by atoms with Crippen molar-refractivity contribution in [3.8, 4) is 0 Å². The minimum atomic E-state index is 0.618. The fraction of sp³-hybridized carbons (Fsp3) is 0.533. The van der Waals surface area contributed by atoms with Crippen molar-refractivity contribution in [2.24, 2.45) is 5.92 Å². The molecule has 5 heteroatoms. The molecule has 2 heterocycles. The molecule has 1 unspecified atom stereocenters. The second-order valence-electron chi connectivity index (χ2n) is 5.27. The third-order valence-electron chi connectivity index (χ3n) is 3.89. The zero-order valence-electron chi connectivity index (χ0n) is 11.3. The molecule has 1 fully saturated rings. The van der Waals surface area contributed by atoms with Gasteiger partial charge in [-0.15, -0.1) is 11.6 Å². The van der Waals surface area contributed by atoms with E-state index in [2.05, 4.69) is 45.4 Å². The maximum atomic E-state index is 5.92. The number of aryl methyl sites for hydroxylation is 2. The molecule has 0 saturated carbocycles. The Morgan fingerprint density at radius 2 is 2.35 bits per heavy atom. The second kappa shape index (κ2) is 6.62. The van der Waals surface area contributed by atoms with Gasteiger partial charge in [-0.25, -0.2) is 4.98 Å². The van der Waals surface area contributed by atoms with E-state index in [9.17, 15) is 0 Å². The summed E-state index contributed by atoms with van der Waals surface area (Å²) in [4.78, 5) is 4.75. The maximum absolute atomic E-state index is 5.92. The van der Waals surface area contributed by atoms with Crippen LogP contribution in [0.1, 0.15) is 18.7 Å². The van der Waals surface area contributed by atoms with E-state index in [1.54, 1.807) is 0 Å². The number of fused-ring (bicyclic) bond motifs is 1. The van der Waals surface area contributed by atoms with Gasteiger partial charge >= 0.3 is 0 Å². The van der Waals surface area contributed by atoms with Crippen molar-refractivity contribution in [1.82, 2.24) is 9.55 Å². The highest BCUT2D eigenvalue weighted by molar-refractivity contribution is 14.1. The van der Waals surface area contributed by atoms with Gasteiger partial charge in [-0.05, 0) is 59.5 Å². The average Bonchev–Trinajstić information content (AvgIpc) is 3.04. The van der Waals surface area contributed by atoms with Crippen LogP contribution in [-0.4, -0.2) is 28.6 Å². The summed E-state index contributed by atoms with van der Waals surface area (Å²) in [6.07, 6.45) is 3.18. The van der Waals surface area contributed by atoms with Gasteiger partial charge in [0, 0.05) is 35.6 Å². The van der Waals surface area contributed by atoms with Gasteiger partial charge in [0.05, 0.1) is 11.0 Å². The minimum absolute atomic E-state index is 0.618. The molecule has 0 radical (unpaired) electrons. The minimum Gasteiger partial charge on any atom is -0.381 e. The molecule has 1 aromatic carbocycles. The van der Waals surface area contributed by atoms with Crippen LogP contribution in [0.2, 0.25) is 0 Å². The molecule has 1 aliphatic rings. The molecule has 3 nitrogen and oxygen atoms in total. The first-order valence-electron chi connectivity index (χ1n) is 7.06. The van der Waals surface area contributed by atoms with Crippen LogP contribution in [0.15, 0.2) is 18.2 Å². The molecule has 3 rings (SSSR count). The van der Waals surface area contributed by atoms with Crippen LogP contribution in [0.25, 0.3) is 11.0 Å². The largest absolute Gasteiger partial charge is 0.381 e. The third-order valence-corrected chi connectivity index (χ3v) is 4.75. The molecule has 0 amide bonds. The number of nitrogens with zero attached hydrogens (tertiary/aromatic N) is 2. The Morgan fingerprint density at radius 1 is 1.45 bits per heavy atom. The first-order valence-corrected chi connectivity index (χ1v) is 8.67. The fourth-order valence-electron chi connectivity index (χ4n) is 2.80. The summed E-state index contributed by atoms with van der Waals surface area (Å²) < 4.78 is 9.02. The number of hydrogen-bond donors (Lipinski definition) is 0. The third kappa shape index (κ3) is 3.12. The Labute approximate surface area is 137 Å². The van der Waals surface area contributed by atoms with Crippen LogP contribution in [0.5, 0.6) is 0 Å². The molecular formula is C15H18ClIN2O. The number of alkyl halides is 1.